The van der Waals surface area contributed by atoms with E-state index >= 15 is 0 Å². The van der Waals surface area contributed by atoms with Crippen LogP contribution in [-0.4, -0.2) is 26.9 Å². The second kappa shape index (κ2) is 8.22. The van der Waals surface area contributed by atoms with E-state index in [0.717, 1.165) is 38.5 Å². The van der Waals surface area contributed by atoms with E-state index in [2.05, 4.69) is 9.97 Å². The number of halogens is 1. The van der Waals surface area contributed by atoms with E-state index in [1.165, 1.54) is 12.1 Å². The fourth-order valence-electron chi connectivity index (χ4n) is 5.35. The number of carbonyl (C=O) groups excluding carboxylic acids is 2. The molecule has 1 aliphatic heterocycles. The third kappa shape index (κ3) is 3.56. The lowest BCUT2D eigenvalue weighted by atomic mass is 9.93. The second-order valence-corrected chi connectivity index (χ2v) is 10.2. The highest BCUT2D eigenvalue weighted by Gasteiger charge is 2.30. The van der Waals surface area contributed by atoms with Crippen molar-refractivity contribution in [2.45, 2.75) is 32.9 Å². The third-order valence-electron chi connectivity index (χ3n) is 7.33. The molecular formula is C30H25FN4O3. The highest BCUT2D eigenvalue weighted by molar-refractivity contribution is 6.19. The van der Waals surface area contributed by atoms with Gasteiger partial charge in [0.2, 0.25) is 0 Å². The Morgan fingerprint density at radius 2 is 1.89 bits per heavy atom. The van der Waals surface area contributed by atoms with Gasteiger partial charge in [0.15, 0.2) is 5.69 Å². The summed E-state index contributed by atoms with van der Waals surface area (Å²) in [6.07, 6.45) is 1.62. The van der Waals surface area contributed by atoms with Gasteiger partial charge in [0.1, 0.15) is 5.82 Å². The molecule has 5 aromatic rings. The lowest BCUT2D eigenvalue weighted by molar-refractivity contribution is 0.0787. The van der Waals surface area contributed by atoms with Gasteiger partial charge < -0.3 is 20.7 Å². The maximum absolute atomic E-state index is 13.8. The molecule has 2 amide bonds. The zero-order chi connectivity index (χ0) is 26.9. The molecule has 2 aromatic heterocycles. The summed E-state index contributed by atoms with van der Waals surface area (Å²) in [4.78, 5) is 34.8. The summed E-state index contributed by atoms with van der Waals surface area (Å²) in [5.74, 6) is -1.36. The molecule has 3 heterocycles. The average Bonchev–Trinajstić information content (AvgIpc) is 3.40. The first-order chi connectivity index (χ1) is 18.0. The number of carbonyl (C=O) groups is 2. The third-order valence-corrected chi connectivity index (χ3v) is 7.33. The predicted molar refractivity (Wildman–Crippen MR) is 144 cm³/mol. The summed E-state index contributed by atoms with van der Waals surface area (Å²) in [5.41, 5.74) is 10.9. The van der Waals surface area contributed by atoms with E-state index in [1.807, 2.05) is 43.3 Å². The molecule has 0 aliphatic carbocycles. The van der Waals surface area contributed by atoms with Crippen molar-refractivity contribution < 1.29 is 19.1 Å². The number of fused-ring (bicyclic) bond motifs is 4. The number of amides is 2. The molecule has 6 rings (SSSR count). The van der Waals surface area contributed by atoms with Crippen LogP contribution in [0.3, 0.4) is 0 Å². The Balaban J connectivity index is 1.58. The Hall–Kier alpha value is -4.56. The van der Waals surface area contributed by atoms with Crippen LogP contribution in [0.4, 0.5) is 10.1 Å². The van der Waals surface area contributed by atoms with Gasteiger partial charge >= 0.3 is 0 Å². The molecule has 0 fully saturated rings. The van der Waals surface area contributed by atoms with Gasteiger partial charge in [-0.25, -0.2) is 9.37 Å². The van der Waals surface area contributed by atoms with Gasteiger partial charge in [-0.2, -0.15) is 0 Å². The number of aliphatic hydroxyl groups is 1. The largest absolute Gasteiger partial charge is 0.386 e. The van der Waals surface area contributed by atoms with E-state index in [4.69, 9.17) is 5.73 Å². The SMILES string of the molecule is Cc1c(-c2cnc(C(N)=O)c3[nH]c4ccc(C(C)(C)O)cc4c23)cccc1N1Cc2ccc(F)cc2C1=O. The number of nitrogens with zero attached hydrogens (tertiary/aromatic N) is 2. The number of primary amides is 1. The highest BCUT2D eigenvalue weighted by Crippen LogP contribution is 2.41. The number of H-pyrrole nitrogens is 1. The minimum Gasteiger partial charge on any atom is -0.386 e. The van der Waals surface area contributed by atoms with Gasteiger partial charge in [-0.15, -0.1) is 0 Å². The van der Waals surface area contributed by atoms with Gasteiger partial charge in [-0.3, -0.25) is 9.59 Å². The van der Waals surface area contributed by atoms with Crippen molar-refractivity contribution in [3.63, 3.8) is 0 Å². The number of nitrogens with one attached hydrogen (secondary N) is 1. The number of hydrogen-bond acceptors (Lipinski definition) is 4. The molecule has 0 saturated heterocycles. The maximum Gasteiger partial charge on any atom is 0.269 e. The number of pyridine rings is 1. The van der Waals surface area contributed by atoms with Gasteiger partial charge in [0, 0.05) is 39.3 Å². The van der Waals surface area contributed by atoms with Crippen molar-refractivity contribution >= 4 is 39.3 Å². The van der Waals surface area contributed by atoms with Crippen LogP contribution in [0.25, 0.3) is 32.9 Å². The van der Waals surface area contributed by atoms with E-state index < -0.39 is 17.3 Å². The van der Waals surface area contributed by atoms with E-state index in [0.29, 0.717) is 28.9 Å². The zero-order valence-electron chi connectivity index (χ0n) is 21.1. The summed E-state index contributed by atoms with van der Waals surface area (Å²) in [7, 11) is 0. The quantitative estimate of drug-likeness (QED) is 0.305. The zero-order valence-corrected chi connectivity index (χ0v) is 21.1. The Bertz CT molecular complexity index is 1820. The van der Waals surface area contributed by atoms with Crippen LogP contribution in [0, 0.1) is 12.7 Å². The molecule has 4 N–H and O–H groups in total. The highest BCUT2D eigenvalue weighted by atomic mass is 19.1. The topological polar surface area (TPSA) is 112 Å². The van der Waals surface area contributed by atoms with Crippen molar-refractivity contribution in [2.75, 3.05) is 4.90 Å². The number of anilines is 1. The minimum absolute atomic E-state index is 0.116. The van der Waals surface area contributed by atoms with E-state index in [-0.39, 0.29) is 11.6 Å². The van der Waals surface area contributed by atoms with Crippen molar-refractivity contribution in [3.05, 3.63) is 94.6 Å². The van der Waals surface area contributed by atoms with E-state index in [9.17, 15) is 19.1 Å². The number of nitrogens with two attached hydrogens (primary N) is 1. The monoisotopic (exact) mass is 508 g/mol. The molecule has 0 spiro atoms. The smallest absolute Gasteiger partial charge is 0.269 e. The standard InChI is InChI=1S/C30H25FN4O3/c1-15-19(5-4-6-24(15)35-14-16-7-9-18(31)12-20(16)29(35)37)22-13-33-27(28(32)36)26-25(22)21-11-17(30(2,3)38)8-10-23(21)34-26/h4-13,34,38H,14H2,1-3H3,(H2,32,36). The number of aromatic amines is 1. The van der Waals surface area contributed by atoms with Crippen LogP contribution < -0.4 is 10.6 Å². The van der Waals surface area contributed by atoms with Crippen LogP contribution in [0.2, 0.25) is 0 Å². The number of aromatic nitrogens is 2. The van der Waals surface area contributed by atoms with Crippen molar-refractivity contribution in [1.82, 2.24) is 9.97 Å². The van der Waals surface area contributed by atoms with Gasteiger partial charge in [-0.1, -0.05) is 24.3 Å². The van der Waals surface area contributed by atoms with Gasteiger partial charge in [0.05, 0.1) is 17.7 Å². The van der Waals surface area contributed by atoms with Crippen LogP contribution in [-0.2, 0) is 12.1 Å². The molecule has 0 radical (unpaired) electrons. The summed E-state index contributed by atoms with van der Waals surface area (Å²) < 4.78 is 13.8. The molecular weight excluding hydrogens is 483 g/mol. The fraction of sp³-hybridized carbons (Fsp3) is 0.167. The minimum atomic E-state index is -1.07. The first-order valence-electron chi connectivity index (χ1n) is 12.2. The maximum atomic E-state index is 13.8. The summed E-state index contributed by atoms with van der Waals surface area (Å²) in [6, 6.07) is 15.5. The Labute approximate surface area is 217 Å². The van der Waals surface area contributed by atoms with Crippen molar-refractivity contribution in [1.29, 1.82) is 0 Å². The normalized spacial score (nSPS) is 13.5. The summed E-state index contributed by atoms with van der Waals surface area (Å²) >= 11 is 0. The summed E-state index contributed by atoms with van der Waals surface area (Å²) in [5, 5.41) is 12.2. The molecule has 3 aromatic carbocycles. The van der Waals surface area contributed by atoms with Gasteiger partial charge in [-0.05, 0) is 73.4 Å². The molecule has 0 atom stereocenters. The molecule has 0 unspecified atom stereocenters. The molecule has 8 heteroatoms. The molecule has 1 aliphatic rings. The van der Waals surface area contributed by atoms with Crippen LogP contribution >= 0.6 is 0 Å². The average molecular weight is 509 g/mol. The van der Waals surface area contributed by atoms with Crippen molar-refractivity contribution in [2.24, 2.45) is 5.73 Å². The fourth-order valence-corrected chi connectivity index (χ4v) is 5.35. The molecule has 0 saturated carbocycles. The Kier molecular flexibility index (Phi) is 5.15. The predicted octanol–water partition coefficient (Wildman–Crippen LogP) is 5.32. The van der Waals surface area contributed by atoms with E-state index in [1.54, 1.807) is 31.0 Å². The lowest BCUT2D eigenvalue weighted by Crippen LogP contribution is -2.24. The number of hydrogen-bond donors (Lipinski definition) is 3. The van der Waals surface area contributed by atoms with Crippen LogP contribution in [0.15, 0.2) is 60.8 Å². The Morgan fingerprint density at radius 3 is 2.63 bits per heavy atom. The van der Waals surface area contributed by atoms with Crippen LogP contribution in [0.5, 0.6) is 0 Å². The molecule has 190 valence electrons. The first-order valence-corrected chi connectivity index (χ1v) is 12.2. The molecule has 0 bridgehead atoms. The number of rotatable bonds is 4. The molecule has 38 heavy (non-hydrogen) atoms. The second-order valence-electron chi connectivity index (χ2n) is 10.2. The molecule has 7 nitrogen and oxygen atoms in total. The van der Waals surface area contributed by atoms with Crippen LogP contribution in [0.1, 0.15) is 51.4 Å². The lowest BCUT2D eigenvalue weighted by Gasteiger charge is -2.21. The summed E-state index contributed by atoms with van der Waals surface area (Å²) in [6.45, 7) is 5.69. The van der Waals surface area contributed by atoms with Crippen molar-refractivity contribution in [3.8, 4) is 11.1 Å². The van der Waals surface area contributed by atoms with Gasteiger partial charge in [0.25, 0.3) is 11.8 Å². The Morgan fingerprint density at radius 1 is 1.11 bits per heavy atom. The first kappa shape index (κ1) is 23.8. The number of benzene rings is 3.